The van der Waals surface area contributed by atoms with Gasteiger partial charge in [-0.15, -0.1) is 0 Å². The van der Waals surface area contributed by atoms with Gasteiger partial charge in [-0.3, -0.25) is 0 Å². The van der Waals surface area contributed by atoms with Gasteiger partial charge in [-0.05, 0) is 49.3 Å². The van der Waals surface area contributed by atoms with E-state index < -0.39 is 0 Å². The van der Waals surface area contributed by atoms with Crippen molar-refractivity contribution in [1.29, 1.82) is 0 Å². The van der Waals surface area contributed by atoms with Gasteiger partial charge in [-0.25, -0.2) is 4.39 Å². The summed E-state index contributed by atoms with van der Waals surface area (Å²) in [6.07, 6.45) is 3.43. The van der Waals surface area contributed by atoms with Crippen molar-refractivity contribution in [2.24, 2.45) is 11.3 Å². The van der Waals surface area contributed by atoms with Crippen LogP contribution < -0.4 is 5.32 Å². The molecule has 2 heteroatoms. The lowest BCUT2D eigenvalue weighted by Crippen LogP contribution is -2.34. The fourth-order valence-electron chi connectivity index (χ4n) is 2.61. The van der Waals surface area contributed by atoms with Crippen molar-refractivity contribution < 1.29 is 4.39 Å². The van der Waals surface area contributed by atoms with Crippen molar-refractivity contribution >= 4 is 0 Å². The molecule has 1 nitrogen and oxygen atoms in total. The maximum absolute atomic E-state index is 13.6. The second kappa shape index (κ2) is 4.54. The first-order chi connectivity index (χ1) is 7.65. The summed E-state index contributed by atoms with van der Waals surface area (Å²) in [6.45, 7) is 3.24. The Morgan fingerprint density at radius 2 is 2.06 bits per heavy atom. The van der Waals surface area contributed by atoms with E-state index in [0.29, 0.717) is 0 Å². The molecule has 0 aliphatic heterocycles. The van der Waals surface area contributed by atoms with E-state index in [0.717, 1.165) is 24.4 Å². The number of nitrogens with one attached hydrogen (secondary N) is 1. The Hall–Kier alpha value is -0.890. The molecule has 0 spiro atoms. The highest BCUT2D eigenvalue weighted by Crippen LogP contribution is 2.47. The molecule has 1 aliphatic rings. The zero-order chi connectivity index (χ0) is 11.6. The summed E-state index contributed by atoms with van der Waals surface area (Å²) in [4.78, 5) is 0. The Morgan fingerprint density at radius 1 is 1.38 bits per heavy atom. The van der Waals surface area contributed by atoms with Crippen molar-refractivity contribution in [1.82, 2.24) is 5.32 Å². The van der Waals surface area contributed by atoms with E-state index in [1.807, 2.05) is 19.2 Å². The molecule has 0 bridgehead atoms. The fourth-order valence-corrected chi connectivity index (χ4v) is 2.61. The quantitative estimate of drug-likeness (QED) is 0.806. The number of benzene rings is 1. The summed E-state index contributed by atoms with van der Waals surface area (Å²) >= 11 is 0. The van der Waals surface area contributed by atoms with Crippen LogP contribution in [-0.4, -0.2) is 13.6 Å². The Kier molecular flexibility index (Phi) is 3.29. The van der Waals surface area contributed by atoms with Crippen molar-refractivity contribution in [2.75, 3.05) is 13.6 Å². The Morgan fingerprint density at radius 3 is 2.62 bits per heavy atom. The second-order valence-electron chi connectivity index (χ2n) is 5.23. The van der Waals surface area contributed by atoms with Crippen LogP contribution in [0.2, 0.25) is 0 Å². The predicted octanol–water partition coefficient (Wildman–Crippen LogP) is 3.00. The lowest BCUT2D eigenvalue weighted by molar-refractivity contribution is 0.260. The minimum atomic E-state index is -0.0644. The van der Waals surface area contributed by atoms with Crippen molar-refractivity contribution in [3.05, 3.63) is 35.6 Å². The molecule has 0 aromatic heterocycles. The molecule has 0 amide bonds. The Balaban J connectivity index is 2.14. The first-order valence-electron chi connectivity index (χ1n) is 6.04. The van der Waals surface area contributed by atoms with Gasteiger partial charge in [-0.2, -0.15) is 0 Å². The molecule has 0 saturated heterocycles. The highest BCUT2D eigenvalue weighted by molar-refractivity contribution is 5.19. The normalized spacial score (nSPS) is 19.4. The van der Waals surface area contributed by atoms with Crippen LogP contribution in [0.1, 0.15) is 25.3 Å². The van der Waals surface area contributed by atoms with Gasteiger partial charge < -0.3 is 5.32 Å². The van der Waals surface area contributed by atoms with Crippen LogP contribution >= 0.6 is 0 Å². The van der Waals surface area contributed by atoms with Crippen LogP contribution in [0.5, 0.6) is 0 Å². The minimum absolute atomic E-state index is 0.0644. The Labute approximate surface area is 97.1 Å². The maximum Gasteiger partial charge on any atom is 0.126 e. The zero-order valence-electron chi connectivity index (χ0n) is 10.1. The van der Waals surface area contributed by atoms with Gasteiger partial charge in [0.25, 0.3) is 0 Å². The monoisotopic (exact) mass is 221 g/mol. The van der Waals surface area contributed by atoms with Gasteiger partial charge in [0.15, 0.2) is 0 Å². The zero-order valence-corrected chi connectivity index (χ0v) is 10.1. The van der Waals surface area contributed by atoms with Gasteiger partial charge in [0, 0.05) is 6.54 Å². The minimum Gasteiger partial charge on any atom is -0.319 e. The predicted molar refractivity (Wildman–Crippen MR) is 64.9 cm³/mol. The molecular weight excluding hydrogens is 201 g/mol. The highest BCUT2D eigenvalue weighted by atomic mass is 19.1. The smallest absolute Gasteiger partial charge is 0.126 e. The molecule has 88 valence electrons. The molecule has 1 aromatic carbocycles. The SMILES string of the molecule is CNCC(C)(Cc1ccccc1F)C1CC1. The summed E-state index contributed by atoms with van der Waals surface area (Å²) in [5, 5.41) is 3.25. The first kappa shape index (κ1) is 11.6. The van der Waals surface area contributed by atoms with Gasteiger partial charge in [0.1, 0.15) is 5.82 Å². The van der Waals surface area contributed by atoms with Gasteiger partial charge in [0.05, 0.1) is 0 Å². The molecule has 1 N–H and O–H groups in total. The average Bonchev–Trinajstić information content (AvgIpc) is 3.05. The van der Waals surface area contributed by atoms with E-state index >= 15 is 0 Å². The standard InChI is InChI=1S/C14H20FN/c1-14(10-16-2,12-7-8-12)9-11-5-3-4-6-13(11)15/h3-6,12,16H,7-10H2,1-2H3. The number of rotatable bonds is 5. The Bertz CT molecular complexity index is 360. The maximum atomic E-state index is 13.6. The highest BCUT2D eigenvalue weighted by Gasteiger charge is 2.41. The molecule has 1 atom stereocenters. The number of hydrogen-bond donors (Lipinski definition) is 1. The molecule has 1 aromatic rings. The topological polar surface area (TPSA) is 12.0 Å². The summed E-state index contributed by atoms with van der Waals surface area (Å²) in [5.74, 6) is 0.699. The van der Waals surface area contributed by atoms with Crippen molar-refractivity contribution in [3.63, 3.8) is 0 Å². The van der Waals surface area contributed by atoms with Crippen LogP contribution in [0.3, 0.4) is 0 Å². The van der Waals surface area contributed by atoms with Gasteiger partial charge in [-0.1, -0.05) is 25.1 Å². The van der Waals surface area contributed by atoms with E-state index in [9.17, 15) is 4.39 Å². The largest absolute Gasteiger partial charge is 0.319 e. The van der Waals surface area contributed by atoms with Crippen LogP contribution in [0, 0.1) is 17.2 Å². The molecule has 1 fully saturated rings. The third-order valence-electron chi connectivity index (χ3n) is 3.70. The van der Waals surface area contributed by atoms with Gasteiger partial charge >= 0.3 is 0 Å². The van der Waals surface area contributed by atoms with E-state index in [-0.39, 0.29) is 11.2 Å². The number of halogens is 1. The van der Waals surface area contributed by atoms with E-state index in [2.05, 4.69) is 12.2 Å². The third kappa shape index (κ3) is 2.43. The van der Waals surface area contributed by atoms with Crippen LogP contribution in [0.4, 0.5) is 4.39 Å². The fraction of sp³-hybridized carbons (Fsp3) is 0.571. The first-order valence-corrected chi connectivity index (χ1v) is 6.04. The van der Waals surface area contributed by atoms with Crippen molar-refractivity contribution in [3.8, 4) is 0 Å². The van der Waals surface area contributed by atoms with E-state index in [4.69, 9.17) is 0 Å². The molecule has 1 unspecified atom stereocenters. The number of hydrogen-bond acceptors (Lipinski definition) is 1. The summed E-state index contributed by atoms with van der Waals surface area (Å²) < 4.78 is 13.6. The molecule has 1 saturated carbocycles. The average molecular weight is 221 g/mol. The lowest BCUT2D eigenvalue weighted by Gasteiger charge is -2.30. The van der Waals surface area contributed by atoms with E-state index in [1.54, 1.807) is 12.1 Å². The molecule has 2 rings (SSSR count). The van der Waals surface area contributed by atoms with Crippen LogP contribution in [0.15, 0.2) is 24.3 Å². The summed E-state index contributed by atoms with van der Waals surface area (Å²) in [5.41, 5.74) is 1.06. The lowest BCUT2D eigenvalue weighted by atomic mass is 9.79. The van der Waals surface area contributed by atoms with Gasteiger partial charge in [0.2, 0.25) is 0 Å². The van der Waals surface area contributed by atoms with Crippen LogP contribution in [-0.2, 0) is 6.42 Å². The molecular formula is C14H20FN. The molecule has 0 heterocycles. The molecule has 0 radical (unpaired) electrons. The third-order valence-corrected chi connectivity index (χ3v) is 3.70. The molecule has 16 heavy (non-hydrogen) atoms. The van der Waals surface area contributed by atoms with Crippen molar-refractivity contribution in [2.45, 2.75) is 26.2 Å². The summed E-state index contributed by atoms with van der Waals surface area (Å²) in [6, 6.07) is 7.14. The van der Waals surface area contributed by atoms with Crippen LogP contribution in [0.25, 0.3) is 0 Å². The molecule has 1 aliphatic carbocycles. The second-order valence-corrected chi connectivity index (χ2v) is 5.23. The summed E-state index contributed by atoms with van der Waals surface area (Å²) in [7, 11) is 1.97. The van der Waals surface area contributed by atoms with E-state index in [1.165, 1.54) is 12.8 Å².